The average Bonchev–Trinajstić information content (AvgIpc) is 3.67. The first-order valence-corrected chi connectivity index (χ1v) is 19.0. The average molecular weight is 875 g/mol. The summed E-state index contributed by atoms with van der Waals surface area (Å²) in [4.78, 5) is 26.0. The summed E-state index contributed by atoms with van der Waals surface area (Å²) in [7, 11) is 0. The Morgan fingerprint density at radius 1 is 0.918 bits per heavy atom. The molecule has 5 rings (SSSR count). The summed E-state index contributed by atoms with van der Waals surface area (Å²) in [6.07, 6.45) is 7.55. The molecule has 0 saturated carbocycles. The first-order chi connectivity index (χ1) is 22.7. The third kappa shape index (κ3) is 10.2. The molecule has 0 spiro atoms. The zero-order valence-corrected chi connectivity index (χ0v) is 34.8. The Morgan fingerprint density at radius 2 is 1.57 bits per heavy atom. The SMILES string of the molecule is CC(C)(C)Cc1csc(-c2csc3c(-c4[c-]c5ccccc5c(C(C)(C)C)c4)ncnc23)n1.CCC(CC)C(=O)/C=C(\O)C(CC)CC.[Ir]. The standard InChI is InChI=1S/C28H28N3S2.C13H24O2.Ir/c1-27(2,3)13-19-14-33-26(31-19)21-15-32-25-23(29-16-30-24(21)25)18-11-17-9-7-8-10-20(17)22(12-18)28(4,5)6;1-5-10(6-2)12(14)9-13(15)11(7-3)8-4;/h7-10,12,14-16H,13H2,1-6H3;9-11,14H,5-8H2,1-4H3;/q-1;;/b;12-9-;. The van der Waals surface area contributed by atoms with E-state index in [-0.39, 0.29) is 54.3 Å². The van der Waals surface area contributed by atoms with E-state index in [0.29, 0.717) is 0 Å². The van der Waals surface area contributed by atoms with Crippen LogP contribution in [0.25, 0.3) is 42.8 Å². The molecule has 0 aliphatic heterocycles. The fourth-order valence-corrected chi connectivity index (χ4v) is 7.93. The third-order valence-corrected chi connectivity index (χ3v) is 10.7. The Labute approximate surface area is 315 Å². The fraction of sp³-hybridized carbons (Fsp3) is 0.463. The van der Waals surface area contributed by atoms with Crippen molar-refractivity contribution < 1.29 is 30.0 Å². The zero-order chi connectivity index (χ0) is 35.2. The topological polar surface area (TPSA) is 76.0 Å². The molecule has 5 aromatic rings. The molecule has 8 heteroatoms. The maximum Gasteiger partial charge on any atom is 0.162 e. The molecular weight excluding hydrogens is 823 g/mol. The number of benzene rings is 2. The summed E-state index contributed by atoms with van der Waals surface area (Å²) >= 11 is 3.39. The molecule has 3 heterocycles. The molecule has 0 amide bonds. The van der Waals surface area contributed by atoms with Crippen molar-refractivity contribution in [2.24, 2.45) is 17.3 Å². The van der Waals surface area contributed by atoms with E-state index in [1.54, 1.807) is 29.0 Å². The van der Waals surface area contributed by atoms with Crippen molar-refractivity contribution in [3.8, 4) is 21.8 Å². The van der Waals surface area contributed by atoms with Crippen molar-refractivity contribution >= 4 is 49.4 Å². The second kappa shape index (κ2) is 17.4. The molecule has 5 nitrogen and oxygen atoms in total. The van der Waals surface area contributed by atoms with Crippen LogP contribution in [0.5, 0.6) is 0 Å². The number of aliphatic hydroxyl groups excluding tert-OH is 1. The monoisotopic (exact) mass is 875 g/mol. The van der Waals surface area contributed by atoms with Crippen LogP contribution in [0.2, 0.25) is 0 Å². The molecule has 0 aliphatic carbocycles. The minimum Gasteiger partial charge on any atom is -0.512 e. The first-order valence-electron chi connectivity index (χ1n) is 17.3. The van der Waals surface area contributed by atoms with E-state index in [4.69, 9.17) is 9.97 Å². The molecule has 1 N–H and O–H groups in total. The Hall–Kier alpha value is -2.77. The van der Waals surface area contributed by atoms with Gasteiger partial charge in [0.25, 0.3) is 0 Å². The van der Waals surface area contributed by atoms with E-state index >= 15 is 0 Å². The van der Waals surface area contributed by atoms with Crippen LogP contribution in [0.1, 0.15) is 106 Å². The quantitative estimate of drug-likeness (QED) is 0.0859. The number of allylic oxidation sites excluding steroid dienone is 2. The number of thiazole rings is 1. The maximum atomic E-state index is 11.7. The van der Waals surface area contributed by atoms with Crippen molar-refractivity contribution in [2.45, 2.75) is 107 Å². The summed E-state index contributed by atoms with van der Waals surface area (Å²) < 4.78 is 1.09. The number of hydrogen-bond acceptors (Lipinski definition) is 7. The molecule has 49 heavy (non-hydrogen) atoms. The summed E-state index contributed by atoms with van der Waals surface area (Å²) in [6, 6.07) is 14.4. The number of ketones is 1. The van der Waals surface area contributed by atoms with Gasteiger partial charge in [-0.2, -0.15) is 0 Å². The van der Waals surface area contributed by atoms with Gasteiger partial charge in [-0.15, -0.1) is 51.8 Å². The van der Waals surface area contributed by atoms with Crippen molar-refractivity contribution in [3.63, 3.8) is 0 Å². The second-order valence-corrected chi connectivity index (χ2v) is 16.6. The van der Waals surface area contributed by atoms with E-state index < -0.39 is 0 Å². The smallest absolute Gasteiger partial charge is 0.162 e. The van der Waals surface area contributed by atoms with Gasteiger partial charge in [-0.05, 0) is 42.9 Å². The van der Waals surface area contributed by atoms with E-state index in [2.05, 4.69) is 93.7 Å². The second-order valence-electron chi connectivity index (χ2n) is 14.8. The van der Waals surface area contributed by atoms with Gasteiger partial charge in [0.1, 0.15) is 11.3 Å². The number of aliphatic hydroxyl groups is 1. The predicted molar refractivity (Wildman–Crippen MR) is 206 cm³/mol. The predicted octanol–water partition coefficient (Wildman–Crippen LogP) is 12.2. The van der Waals surface area contributed by atoms with E-state index in [1.165, 1.54) is 17.0 Å². The van der Waals surface area contributed by atoms with Crippen molar-refractivity contribution in [2.75, 3.05) is 0 Å². The van der Waals surface area contributed by atoms with Gasteiger partial charge in [0.15, 0.2) is 5.78 Å². The van der Waals surface area contributed by atoms with Gasteiger partial charge >= 0.3 is 0 Å². The van der Waals surface area contributed by atoms with Crippen molar-refractivity contribution in [1.82, 2.24) is 15.0 Å². The Bertz CT molecular complexity index is 1870. The van der Waals surface area contributed by atoms with Gasteiger partial charge in [-0.3, -0.25) is 9.78 Å². The fourth-order valence-electron chi connectivity index (χ4n) is 6.01. The minimum absolute atomic E-state index is 0. The number of hydrogen-bond donors (Lipinski definition) is 1. The van der Waals surface area contributed by atoms with Crippen LogP contribution in [-0.2, 0) is 36.7 Å². The Morgan fingerprint density at radius 3 is 2.18 bits per heavy atom. The largest absolute Gasteiger partial charge is 0.512 e. The van der Waals surface area contributed by atoms with Crippen molar-refractivity contribution in [1.29, 1.82) is 0 Å². The van der Waals surface area contributed by atoms with Crippen LogP contribution in [0, 0.1) is 23.3 Å². The number of nitrogens with zero attached hydrogens (tertiary/aromatic N) is 3. The van der Waals surface area contributed by atoms with Gasteiger partial charge in [-0.1, -0.05) is 98.4 Å². The van der Waals surface area contributed by atoms with E-state index in [9.17, 15) is 9.90 Å². The van der Waals surface area contributed by atoms with Crippen LogP contribution in [-0.4, -0.2) is 25.8 Å². The number of thiophene rings is 1. The van der Waals surface area contributed by atoms with Gasteiger partial charge in [0.2, 0.25) is 0 Å². The number of rotatable bonds is 10. The molecule has 2 aromatic carbocycles. The summed E-state index contributed by atoms with van der Waals surface area (Å²) in [5.74, 6) is 0.547. The zero-order valence-electron chi connectivity index (χ0n) is 30.7. The van der Waals surface area contributed by atoms with Gasteiger partial charge in [0.05, 0.1) is 17.0 Å². The van der Waals surface area contributed by atoms with Crippen LogP contribution in [0.4, 0.5) is 0 Å². The number of aromatic nitrogens is 3. The van der Waals surface area contributed by atoms with Crippen LogP contribution >= 0.6 is 22.7 Å². The summed E-state index contributed by atoms with van der Waals surface area (Å²) in [5.41, 5.74) is 6.72. The maximum absolute atomic E-state index is 11.7. The van der Waals surface area contributed by atoms with Crippen molar-refractivity contribution in [3.05, 3.63) is 76.6 Å². The number of carbonyl (C=O) groups excluding carboxylic acids is 1. The molecule has 265 valence electrons. The van der Waals surface area contributed by atoms with Gasteiger partial charge in [0, 0.05) is 64.7 Å². The molecule has 3 aromatic heterocycles. The first kappa shape index (κ1) is 40.7. The molecule has 0 atom stereocenters. The van der Waals surface area contributed by atoms with Crippen LogP contribution < -0.4 is 0 Å². The molecule has 0 saturated heterocycles. The van der Waals surface area contributed by atoms with Gasteiger partial charge < -0.3 is 5.11 Å². The Balaban J connectivity index is 0.000000347. The molecule has 0 unspecified atom stereocenters. The molecule has 0 aliphatic rings. The van der Waals surface area contributed by atoms with Gasteiger partial charge in [-0.25, -0.2) is 9.97 Å². The molecule has 0 bridgehead atoms. The minimum atomic E-state index is 0. The third-order valence-electron chi connectivity index (χ3n) is 8.77. The molecular formula is C41H52IrN3O2S2-. The van der Waals surface area contributed by atoms with E-state index in [1.807, 2.05) is 27.7 Å². The number of carbonyl (C=O) groups is 1. The van der Waals surface area contributed by atoms with Crippen LogP contribution in [0.15, 0.2) is 59.3 Å². The normalized spacial score (nSPS) is 12.4. The van der Waals surface area contributed by atoms with E-state index in [0.717, 1.165) is 75.2 Å². The summed E-state index contributed by atoms with van der Waals surface area (Å²) in [5, 5.41) is 17.5. The Kier molecular flexibility index (Phi) is 14.5. The molecule has 0 fully saturated rings. The number of fused-ring (bicyclic) bond motifs is 2. The molecule has 1 radical (unpaired) electrons. The van der Waals surface area contributed by atoms with Crippen LogP contribution in [0.3, 0.4) is 0 Å². The summed E-state index contributed by atoms with van der Waals surface area (Å²) in [6.45, 7) is 21.6.